The first-order chi connectivity index (χ1) is 16.7. The highest BCUT2D eigenvalue weighted by Gasteiger charge is 2.26. The van der Waals surface area contributed by atoms with Crippen LogP contribution in [0.25, 0.3) is 16.9 Å². The van der Waals surface area contributed by atoms with Gasteiger partial charge in [-0.1, -0.05) is 0 Å². The molecule has 4 rings (SSSR count). The molecule has 0 bridgehead atoms. The van der Waals surface area contributed by atoms with Gasteiger partial charge < -0.3 is 24.5 Å². The lowest BCUT2D eigenvalue weighted by Gasteiger charge is -2.30. The highest BCUT2D eigenvalue weighted by atomic mass is 16.6. The molecule has 0 atom stereocenters. The molecule has 10 heteroatoms. The van der Waals surface area contributed by atoms with Crippen LogP contribution < -0.4 is 10.6 Å². The van der Waals surface area contributed by atoms with E-state index in [0.717, 1.165) is 36.9 Å². The number of pyridine rings is 1. The van der Waals surface area contributed by atoms with Crippen LogP contribution in [0.1, 0.15) is 63.9 Å². The number of nitrogens with one attached hydrogen (secondary N) is 2. The number of carbonyl (C=O) groups excluding carboxylic acids is 2. The van der Waals surface area contributed by atoms with E-state index in [1.54, 1.807) is 29.9 Å². The maximum absolute atomic E-state index is 12.3. The Kier molecular flexibility index (Phi) is 7.18. The minimum Gasteiger partial charge on any atom is -0.461 e. The first-order valence-corrected chi connectivity index (χ1v) is 11.9. The lowest BCUT2D eigenvalue weighted by molar-refractivity contribution is 0.0488. The third-order valence-corrected chi connectivity index (χ3v) is 5.69. The van der Waals surface area contributed by atoms with Gasteiger partial charge in [-0.05, 0) is 65.5 Å². The molecule has 1 saturated carbocycles. The Bertz CT molecular complexity index is 1180. The van der Waals surface area contributed by atoms with Crippen molar-refractivity contribution in [1.29, 1.82) is 0 Å². The number of nitrogens with zero attached hydrogens (tertiary/aromatic N) is 4. The molecule has 2 N–H and O–H groups in total. The maximum Gasteiger partial charge on any atom is 0.407 e. The highest BCUT2D eigenvalue weighted by Crippen LogP contribution is 2.27. The maximum atomic E-state index is 12.3. The molecule has 0 aliphatic heterocycles. The van der Waals surface area contributed by atoms with E-state index in [1.807, 2.05) is 39.1 Å². The number of imidazole rings is 1. The summed E-state index contributed by atoms with van der Waals surface area (Å²) < 4.78 is 12.3. The summed E-state index contributed by atoms with van der Waals surface area (Å²) in [4.78, 5) is 37.8. The van der Waals surface area contributed by atoms with Gasteiger partial charge in [-0.2, -0.15) is 0 Å². The number of ether oxygens (including phenoxy) is 2. The third kappa shape index (κ3) is 6.26. The Balaban J connectivity index is 1.52. The van der Waals surface area contributed by atoms with Gasteiger partial charge in [0.05, 0.1) is 12.3 Å². The number of alkyl carbamates (subject to hydrolysis) is 1. The summed E-state index contributed by atoms with van der Waals surface area (Å²) in [7, 11) is 0. The monoisotopic (exact) mass is 480 g/mol. The zero-order chi connectivity index (χ0) is 25.0. The fraction of sp³-hybridized carbons (Fsp3) is 0.480. The smallest absolute Gasteiger partial charge is 0.407 e. The summed E-state index contributed by atoms with van der Waals surface area (Å²) >= 11 is 0. The average Bonchev–Trinajstić information content (AvgIpc) is 3.25. The van der Waals surface area contributed by atoms with Crippen molar-refractivity contribution in [3.8, 4) is 11.3 Å². The molecule has 0 radical (unpaired) electrons. The summed E-state index contributed by atoms with van der Waals surface area (Å²) in [6.07, 6.45) is 9.87. The standard InChI is InChI=1S/C25H32N6O4/c1-5-34-23(32)20-15-31-14-19(16-10-12-26-13-11-16)29-21(22(31)30-20)27-17-6-8-18(9-7-17)28-24(33)35-25(2,3)4/h10-15,17-18H,5-9H2,1-4H3,(H,27,29)(H,28,33). The van der Waals surface area contributed by atoms with Crippen molar-refractivity contribution < 1.29 is 19.1 Å². The van der Waals surface area contributed by atoms with E-state index >= 15 is 0 Å². The number of esters is 1. The van der Waals surface area contributed by atoms with E-state index in [0.29, 0.717) is 11.5 Å². The SMILES string of the molecule is CCOC(=O)c1cn2cc(-c3ccncc3)nc(NC3CCC(NC(=O)OC(C)(C)C)CC3)c2n1. The molecule has 186 valence electrons. The molecular weight excluding hydrogens is 448 g/mol. The van der Waals surface area contributed by atoms with Gasteiger partial charge in [-0.3, -0.25) is 4.98 Å². The van der Waals surface area contributed by atoms with Gasteiger partial charge in [0.1, 0.15) is 5.60 Å². The van der Waals surface area contributed by atoms with Crippen molar-refractivity contribution in [3.05, 3.63) is 42.6 Å². The van der Waals surface area contributed by atoms with E-state index in [4.69, 9.17) is 14.5 Å². The number of hydrogen-bond acceptors (Lipinski definition) is 8. The van der Waals surface area contributed by atoms with E-state index in [9.17, 15) is 9.59 Å². The van der Waals surface area contributed by atoms with Gasteiger partial charge in [0.2, 0.25) is 0 Å². The largest absolute Gasteiger partial charge is 0.461 e. The second kappa shape index (κ2) is 10.3. The molecule has 10 nitrogen and oxygen atoms in total. The lowest BCUT2D eigenvalue weighted by atomic mass is 9.91. The molecule has 3 heterocycles. The van der Waals surface area contributed by atoms with Crippen molar-refractivity contribution in [2.24, 2.45) is 0 Å². The van der Waals surface area contributed by atoms with Crippen LogP contribution in [0, 0.1) is 0 Å². The lowest BCUT2D eigenvalue weighted by Crippen LogP contribution is -2.42. The zero-order valence-corrected chi connectivity index (χ0v) is 20.6. The van der Waals surface area contributed by atoms with E-state index in [-0.39, 0.29) is 30.5 Å². The van der Waals surface area contributed by atoms with Crippen LogP contribution in [0.2, 0.25) is 0 Å². The minimum atomic E-state index is -0.521. The summed E-state index contributed by atoms with van der Waals surface area (Å²) in [5.41, 5.74) is 1.90. The summed E-state index contributed by atoms with van der Waals surface area (Å²) in [6, 6.07) is 3.99. The molecule has 0 aromatic carbocycles. The quantitative estimate of drug-likeness (QED) is 0.504. The Morgan fingerprint density at radius 2 is 1.74 bits per heavy atom. The van der Waals surface area contributed by atoms with Crippen molar-refractivity contribution in [3.63, 3.8) is 0 Å². The Morgan fingerprint density at radius 1 is 1.06 bits per heavy atom. The molecule has 1 fully saturated rings. The third-order valence-electron chi connectivity index (χ3n) is 5.69. The number of anilines is 1. The van der Waals surface area contributed by atoms with Gasteiger partial charge in [0.25, 0.3) is 0 Å². The fourth-order valence-electron chi connectivity index (χ4n) is 4.11. The van der Waals surface area contributed by atoms with Gasteiger partial charge in [0, 0.05) is 42.4 Å². The summed E-state index contributed by atoms with van der Waals surface area (Å²) in [5, 5.41) is 6.49. The molecule has 0 spiro atoms. The number of fused-ring (bicyclic) bond motifs is 1. The minimum absolute atomic E-state index is 0.0703. The van der Waals surface area contributed by atoms with Crippen molar-refractivity contribution in [2.75, 3.05) is 11.9 Å². The second-order valence-electron chi connectivity index (χ2n) is 9.63. The highest BCUT2D eigenvalue weighted by molar-refractivity contribution is 5.89. The van der Waals surface area contributed by atoms with Crippen LogP contribution in [0.4, 0.5) is 10.6 Å². The molecule has 0 saturated heterocycles. The zero-order valence-electron chi connectivity index (χ0n) is 20.6. The Hall–Kier alpha value is -3.69. The molecule has 35 heavy (non-hydrogen) atoms. The van der Waals surface area contributed by atoms with Crippen molar-refractivity contribution in [2.45, 2.75) is 71.1 Å². The molecule has 1 amide bonds. The average molecular weight is 481 g/mol. The van der Waals surface area contributed by atoms with Crippen LogP contribution in [0.15, 0.2) is 36.9 Å². The molecule has 3 aromatic rings. The first-order valence-electron chi connectivity index (χ1n) is 11.9. The van der Waals surface area contributed by atoms with Crippen LogP contribution >= 0.6 is 0 Å². The van der Waals surface area contributed by atoms with Gasteiger partial charge in [-0.25, -0.2) is 19.6 Å². The van der Waals surface area contributed by atoms with Gasteiger partial charge >= 0.3 is 12.1 Å². The molecule has 3 aromatic heterocycles. The molecule has 1 aliphatic carbocycles. The van der Waals surface area contributed by atoms with Gasteiger partial charge in [0.15, 0.2) is 17.2 Å². The van der Waals surface area contributed by atoms with E-state index in [2.05, 4.69) is 20.6 Å². The molecular formula is C25H32N6O4. The predicted octanol–water partition coefficient (Wildman–Crippen LogP) is 4.22. The molecule has 1 aliphatic rings. The normalized spacial score (nSPS) is 18.2. The number of carbonyl (C=O) groups is 2. The Labute approximate surface area is 204 Å². The first kappa shape index (κ1) is 24.4. The Morgan fingerprint density at radius 3 is 2.40 bits per heavy atom. The predicted molar refractivity (Wildman–Crippen MR) is 131 cm³/mol. The van der Waals surface area contributed by atoms with E-state index in [1.165, 1.54) is 0 Å². The van der Waals surface area contributed by atoms with Gasteiger partial charge in [-0.15, -0.1) is 0 Å². The number of aromatic nitrogens is 4. The topological polar surface area (TPSA) is 120 Å². The van der Waals surface area contributed by atoms with Crippen LogP contribution in [-0.2, 0) is 9.47 Å². The van der Waals surface area contributed by atoms with Crippen LogP contribution in [-0.4, -0.2) is 55.7 Å². The number of amides is 1. The fourth-order valence-corrected chi connectivity index (χ4v) is 4.11. The number of rotatable bonds is 6. The molecule has 0 unspecified atom stereocenters. The van der Waals surface area contributed by atoms with E-state index < -0.39 is 11.6 Å². The van der Waals surface area contributed by atoms with Crippen molar-refractivity contribution in [1.82, 2.24) is 24.7 Å². The number of hydrogen-bond donors (Lipinski definition) is 2. The van der Waals surface area contributed by atoms with Crippen molar-refractivity contribution >= 4 is 23.5 Å². The summed E-state index contributed by atoms with van der Waals surface area (Å²) in [6.45, 7) is 7.59. The van der Waals surface area contributed by atoms with Crippen LogP contribution in [0.5, 0.6) is 0 Å². The summed E-state index contributed by atoms with van der Waals surface area (Å²) in [5.74, 6) is 0.125. The second-order valence-corrected chi connectivity index (χ2v) is 9.63. The van der Waals surface area contributed by atoms with Crippen LogP contribution in [0.3, 0.4) is 0 Å².